The first kappa shape index (κ1) is 45.7. The Hall–Kier alpha value is -3.31. The van der Waals surface area contributed by atoms with Crippen molar-refractivity contribution < 1.29 is 43.3 Å². The van der Waals surface area contributed by atoms with E-state index in [1.54, 1.807) is 12.1 Å². The number of ketones is 1. The van der Waals surface area contributed by atoms with E-state index < -0.39 is 59.4 Å². The van der Waals surface area contributed by atoms with Gasteiger partial charge in [0.15, 0.2) is 5.78 Å². The van der Waals surface area contributed by atoms with Gasteiger partial charge in [0.2, 0.25) is 11.7 Å². The number of ether oxygens (including phenoxy) is 1. The lowest BCUT2D eigenvalue weighted by atomic mass is 9.33. The second-order valence-corrected chi connectivity index (χ2v) is 22.7. The fourth-order valence-corrected chi connectivity index (χ4v) is 14.9. The van der Waals surface area contributed by atoms with E-state index in [1.807, 2.05) is 27.7 Å². The molecule has 61 heavy (non-hydrogen) atoms. The molecule has 0 radical (unpaired) electrons. The minimum Gasteiger partial charge on any atom is -0.481 e. The van der Waals surface area contributed by atoms with Crippen LogP contribution in [0.3, 0.4) is 0 Å². The summed E-state index contributed by atoms with van der Waals surface area (Å²) in [6.45, 7) is 18.0. The van der Waals surface area contributed by atoms with E-state index in [0.29, 0.717) is 29.7 Å². The topological polar surface area (TPSA) is 159 Å². The zero-order valence-corrected chi connectivity index (χ0v) is 38.4. The summed E-state index contributed by atoms with van der Waals surface area (Å²) < 4.78 is 22.5. The zero-order chi connectivity index (χ0) is 44.9. The SMILES string of the molecule is CC(C)C1=C2[C@H]3CC[C@@H]4[C@@]5(C)CC[C@H](OC(=O)[C@H]6C[C@@H](C(=O)O)C6(C)C)C(C)(C)[C@@H]5CC[C@@]4(C)[C@]3(C)CC[C@@]2(CC(=O)NC(F)(CO)CNC(=O)c2ccc(Cl)cc2)CC1=O. The fourth-order valence-electron chi connectivity index (χ4n) is 14.8. The minimum atomic E-state index is -2.62. The molecule has 0 aromatic heterocycles. The highest BCUT2D eigenvalue weighted by Crippen LogP contribution is 2.77. The van der Waals surface area contributed by atoms with Crippen molar-refractivity contribution in [3.05, 3.63) is 46.0 Å². The third-order valence-corrected chi connectivity index (χ3v) is 18.6. The number of Topliss-reactive ketones (excluding diaryl/α,β-unsaturated/α-hetero) is 1. The van der Waals surface area contributed by atoms with Crippen molar-refractivity contribution in [1.82, 2.24) is 10.6 Å². The van der Waals surface area contributed by atoms with Crippen LogP contribution in [-0.4, -0.2) is 64.8 Å². The normalized spacial score (nSPS) is 38.1. The molecule has 0 aliphatic heterocycles. The Morgan fingerprint density at radius 2 is 1.56 bits per heavy atom. The van der Waals surface area contributed by atoms with Crippen LogP contribution in [0.4, 0.5) is 4.39 Å². The molecular weight excluding hydrogens is 799 g/mol. The van der Waals surface area contributed by atoms with Gasteiger partial charge in [0.1, 0.15) is 6.10 Å². The van der Waals surface area contributed by atoms with Crippen molar-refractivity contribution in [1.29, 1.82) is 0 Å². The number of aliphatic hydroxyl groups excluding tert-OH is 1. The lowest BCUT2D eigenvalue weighted by Gasteiger charge is -2.72. The first-order valence-electron chi connectivity index (χ1n) is 22.7. The number of allylic oxidation sites excluding steroid dienone is 2. The lowest BCUT2D eigenvalue weighted by Crippen LogP contribution is -2.66. The summed E-state index contributed by atoms with van der Waals surface area (Å²) in [6.07, 6.45) is 7.07. The molecule has 11 atom stereocenters. The van der Waals surface area contributed by atoms with Crippen LogP contribution in [0.1, 0.15) is 143 Å². The molecule has 5 saturated carbocycles. The summed E-state index contributed by atoms with van der Waals surface area (Å²) in [4.78, 5) is 66.3. The number of carbonyl (C=O) groups excluding carboxylic acids is 4. The summed E-state index contributed by atoms with van der Waals surface area (Å²) in [5.41, 5.74) is 0.195. The number of hydrogen-bond acceptors (Lipinski definition) is 7. The molecule has 0 bridgehead atoms. The highest BCUT2D eigenvalue weighted by Gasteiger charge is 2.70. The van der Waals surface area contributed by atoms with E-state index in [1.165, 1.54) is 12.1 Å². The van der Waals surface area contributed by atoms with Crippen molar-refractivity contribution in [3.63, 3.8) is 0 Å². The van der Waals surface area contributed by atoms with Crippen LogP contribution in [0.5, 0.6) is 0 Å². The number of carboxylic acid groups (broad SMARTS) is 1. The van der Waals surface area contributed by atoms with Gasteiger partial charge in [-0.05, 0) is 133 Å². The molecular formula is C49H68ClFN2O8. The number of amides is 2. The number of fused-ring (bicyclic) bond motifs is 7. The van der Waals surface area contributed by atoms with Crippen LogP contribution in [-0.2, 0) is 23.9 Å². The van der Waals surface area contributed by atoms with E-state index in [9.17, 15) is 34.2 Å². The Morgan fingerprint density at radius 3 is 2.16 bits per heavy atom. The van der Waals surface area contributed by atoms with Gasteiger partial charge in [-0.25, -0.2) is 4.39 Å². The maximum Gasteiger partial charge on any atom is 0.309 e. The van der Waals surface area contributed by atoms with Gasteiger partial charge in [0, 0.05) is 34.3 Å². The average Bonchev–Trinajstić information content (AvgIpc) is 3.46. The van der Waals surface area contributed by atoms with Gasteiger partial charge in [-0.2, -0.15) is 0 Å². The molecule has 1 aromatic rings. The number of aliphatic hydroxyl groups is 1. The second kappa shape index (κ2) is 15.4. The summed E-state index contributed by atoms with van der Waals surface area (Å²) in [7, 11) is 0. The Balaban J connectivity index is 1.10. The number of aliphatic carboxylic acids is 1. The third-order valence-electron chi connectivity index (χ3n) is 18.4. The number of carbonyl (C=O) groups is 5. The first-order valence-corrected chi connectivity index (χ1v) is 23.0. The van der Waals surface area contributed by atoms with Crippen molar-refractivity contribution in [2.75, 3.05) is 13.2 Å². The minimum absolute atomic E-state index is 0.0234. The van der Waals surface area contributed by atoms with Gasteiger partial charge >= 0.3 is 11.9 Å². The van der Waals surface area contributed by atoms with E-state index >= 15 is 4.39 Å². The van der Waals surface area contributed by atoms with Crippen molar-refractivity contribution in [3.8, 4) is 0 Å². The fraction of sp³-hybridized carbons (Fsp3) is 0.735. The number of alkyl halides is 1. The van der Waals surface area contributed by atoms with E-state index in [0.717, 1.165) is 56.1 Å². The second-order valence-electron chi connectivity index (χ2n) is 22.3. The highest BCUT2D eigenvalue weighted by molar-refractivity contribution is 6.30. The molecule has 4 N–H and O–H groups in total. The summed E-state index contributed by atoms with van der Waals surface area (Å²) in [5, 5.41) is 25.1. The zero-order valence-electron chi connectivity index (χ0n) is 37.6. The van der Waals surface area contributed by atoms with Crippen LogP contribution < -0.4 is 10.6 Å². The molecule has 0 heterocycles. The molecule has 0 saturated heterocycles. The molecule has 6 aliphatic rings. The Morgan fingerprint density at radius 1 is 0.885 bits per heavy atom. The Labute approximate surface area is 365 Å². The van der Waals surface area contributed by atoms with E-state index in [4.69, 9.17) is 16.3 Å². The number of nitrogens with one attached hydrogen (secondary N) is 2. The van der Waals surface area contributed by atoms with Crippen molar-refractivity contribution in [2.24, 2.45) is 68.0 Å². The van der Waals surface area contributed by atoms with Crippen LogP contribution in [0.2, 0.25) is 5.02 Å². The molecule has 1 aromatic carbocycles. The first-order chi connectivity index (χ1) is 28.3. The van der Waals surface area contributed by atoms with Crippen LogP contribution in [0.15, 0.2) is 35.4 Å². The van der Waals surface area contributed by atoms with Gasteiger partial charge in [-0.3, -0.25) is 24.0 Å². The molecule has 0 spiro atoms. The number of halogens is 2. The van der Waals surface area contributed by atoms with Crippen LogP contribution >= 0.6 is 11.6 Å². The molecule has 5 fully saturated rings. The average molecular weight is 868 g/mol. The number of esters is 1. The maximum absolute atomic E-state index is 16.2. The predicted molar refractivity (Wildman–Crippen MR) is 230 cm³/mol. The number of rotatable bonds is 11. The quantitative estimate of drug-likeness (QED) is 0.127. The highest BCUT2D eigenvalue weighted by atomic mass is 35.5. The van der Waals surface area contributed by atoms with E-state index in [2.05, 4.69) is 45.3 Å². The maximum atomic E-state index is 16.2. The van der Waals surface area contributed by atoms with Gasteiger partial charge in [0.25, 0.3) is 5.91 Å². The Kier molecular flexibility index (Phi) is 11.6. The summed E-state index contributed by atoms with van der Waals surface area (Å²) in [5.74, 6) is -5.14. The third kappa shape index (κ3) is 7.18. The van der Waals surface area contributed by atoms with Crippen LogP contribution in [0, 0.1) is 68.0 Å². The monoisotopic (exact) mass is 866 g/mol. The van der Waals surface area contributed by atoms with Crippen molar-refractivity contribution in [2.45, 2.75) is 145 Å². The standard InChI is InChI=1S/C49H68ClFN2O8/c1-27(2)38-33(55)23-48(24-37(56)53-49(51,26-54)25-52-40(57)28-10-12-29(50)13-11-28)21-20-46(8)30(39(38)48)14-15-35-45(7)18-17-36(44(5,6)34(45)16-19-47(35,46)9)61-42(60)32-22-31(41(58)59)43(32,3)4/h10-13,27,30-32,34-36,54H,14-26H2,1-9H3,(H,52,57)(H,53,56)(H,58,59)/t30-,31+,32-,34+,35-,36+,45+,46-,47-,48+,49?/m1/s1. The van der Waals surface area contributed by atoms with Gasteiger partial charge in [0.05, 0.1) is 25.0 Å². The number of hydrogen-bond donors (Lipinski definition) is 4. The molecule has 7 rings (SSSR count). The summed E-state index contributed by atoms with van der Waals surface area (Å²) >= 11 is 5.94. The molecule has 6 aliphatic carbocycles. The Bertz CT molecular complexity index is 2020. The molecule has 10 nitrogen and oxygen atoms in total. The predicted octanol–water partition coefficient (Wildman–Crippen LogP) is 8.87. The largest absolute Gasteiger partial charge is 0.481 e. The molecule has 336 valence electrons. The van der Waals surface area contributed by atoms with Crippen molar-refractivity contribution >= 4 is 41.1 Å². The van der Waals surface area contributed by atoms with Gasteiger partial charge < -0.3 is 25.6 Å². The summed E-state index contributed by atoms with van der Waals surface area (Å²) in [6, 6.07) is 6.10. The lowest BCUT2D eigenvalue weighted by molar-refractivity contribution is -0.236. The number of carboxylic acids is 1. The van der Waals surface area contributed by atoms with Gasteiger partial charge in [-0.1, -0.05) is 79.5 Å². The molecule has 1 unspecified atom stereocenters. The smallest absolute Gasteiger partial charge is 0.309 e. The molecule has 12 heteroatoms. The van der Waals surface area contributed by atoms with Crippen LogP contribution in [0.25, 0.3) is 0 Å². The van der Waals surface area contributed by atoms with Gasteiger partial charge in [-0.15, -0.1) is 0 Å². The molecule has 2 amide bonds. The van der Waals surface area contributed by atoms with E-state index in [-0.39, 0.29) is 69.8 Å². The number of benzene rings is 1.